The summed E-state index contributed by atoms with van der Waals surface area (Å²) in [6.45, 7) is 0. The van der Waals surface area contributed by atoms with Crippen LogP contribution in [0.15, 0.2) is 41.5 Å². The smallest absolute Gasteiger partial charge is 0.321 e. The minimum atomic E-state index is -1.19. The fourth-order valence-electron chi connectivity index (χ4n) is 2.63. The van der Waals surface area contributed by atoms with E-state index in [2.05, 4.69) is 25.9 Å². The first-order chi connectivity index (χ1) is 12.0. The molecule has 0 atom stereocenters. The molecule has 1 aromatic carbocycles. The summed E-state index contributed by atoms with van der Waals surface area (Å²) in [6.07, 6.45) is 1.64. The molecule has 25 heavy (non-hydrogen) atoms. The molecule has 0 bridgehead atoms. The van der Waals surface area contributed by atoms with Crippen molar-refractivity contribution in [3.63, 3.8) is 0 Å². The highest BCUT2D eigenvalue weighted by atomic mass is 16.6. The van der Waals surface area contributed by atoms with Crippen molar-refractivity contribution in [2.24, 2.45) is 4.99 Å². The number of aliphatic imine (C=N–C) groups is 1. The summed E-state index contributed by atoms with van der Waals surface area (Å²) in [4.78, 5) is 19.9. The molecule has 0 fully saturated rings. The number of benzene rings is 1. The lowest BCUT2D eigenvalue weighted by atomic mass is 10.0. The van der Waals surface area contributed by atoms with Crippen LogP contribution in [-0.4, -0.2) is 42.7 Å². The Bertz CT molecular complexity index is 833. The number of aromatic nitrogens is 1. The first-order valence-corrected chi connectivity index (χ1v) is 7.62. The van der Waals surface area contributed by atoms with Gasteiger partial charge in [0.15, 0.2) is 0 Å². The number of hydrogen-bond acceptors (Lipinski definition) is 8. The molecular weight excluding hydrogens is 324 g/mol. The highest BCUT2D eigenvalue weighted by Crippen LogP contribution is 2.37. The number of nitro benzene ring substituents is 1. The van der Waals surface area contributed by atoms with Gasteiger partial charge in [0.1, 0.15) is 17.1 Å². The van der Waals surface area contributed by atoms with Crippen LogP contribution in [0.2, 0.25) is 0 Å². The molecule has 130 valence electrons. The molecule has 1 aliphatic rings. The normalized spacial score (nSPS) is 14.9. The van der Waals surface area contributed by atoms with Crippen molar-refractivity contribution < 1.29 is 9.66 Å². The number of pyridine rings is 1. The van der Waals surface area contributed by atoms with Crippen LogP contribution in [0.3, 0.4) is 0 Å². The van der Waals surface area contributed by atoms with Crippen LogP contribution < -0.4 is 20.7 Å². The van der Waals surface area contributed by atoms with Crippen LogP contribution in [0.5, 0.6) is 5.75 Å². The summed E-state index contributed by atoms with van der Waals surface area (Å²) in [5.74, 6) is -0.740. The molecule has 3 rings (SSSR count). The van der Waals surface area contributed by atoms with Gasteiger partial charge < -0.3 is 10.1 Å². The fraction of sp³-hybridized carbons (Fsp3) is 0.250. The standard InChI is InChI=1S/C16H18N6O3/c1-17-12-9-14-10(8-13(12)22(23)24)15(11-6-4-5-7-20-11)21-16(18-2,19-3)25-14/h4-9,17-19H,1-3H3. The number of ether oxygens (including phenoxy) is 1. The molecule has 0 saturated carbocycles. The van der Waals surface area contributed by atoms with E-state index in [4.69, 9.17) is 4.74 Å². The number of nitrogens with zero attached hydrogens (tertiary/aromatic N) is 3. The Morgan fingerprint density at radius 3 is 2.52 bits per heavy atom. The molecule has 1 aliphatic heterocycles. The second-order valence-corrected chi connectivity index (χ2v) is 5.29. The summed E-state index contributed by atoms with van der Waals surface area (Å²) in [5.41, 5.74) is 1.89. The molecule has 9 heteroatoms. The zero-order valence-electron chi connectivity index (χ0n) is 14.0. The van der Waals surface area contributed by atoms with E-state index in [0.29, 0.717) is 28.4 Å². The van der Waals surface area contributed by atoms with E-state index in [0.717, 1.165) is 0 Å². The maximum atomic E-state index is 11.4. The summed E-state index contributed by atoms with van der Waals surface area (Å²) in [5, 5.41) is 20.2. The van der Waals surface area contributed by atoms with Crippen molar-refractivity contribution >= 4 is 17.1 Å². The predicted octanol–water partition coefficient (Wildman–Crippen LogP) is 1.31. The van der Waals surface area contributed by atoms with Gasteiger partial charge in [-0.25, -0.2) is 15.6 Å². The molecule has 3 N–H and O–H groups in total. The molecule has 9 nitrogen and oxygen atoms in total. The third-order valence-corrected chi connectivity index (χ3v) is 3.93. The largest absolute Gasteiger partial charge is 0.439 e. The van der Waals surface area contributed by atoms with E-state index < -0.39 is 10.9 Å². The maximum Gasteiger partial charge on any atom is 0.321 e. The Balaban J connectivity index is 2.27. The summed E-state index contributed by atoms with van der Waals surface area (Å²) in [6, 6.07) is 8.46. The van der Waals surface area contributed by atoms with Crippen molar-refractivity contribution in [2.45, 2.75) is 5.97 Å². The van der Waals surface area contributed by atoms with Gasteiger partial charge in [-0.1, -0.05) is 6.07 Å². The topological polar surface area (TPSA) is 114 Å². The minimum Gasteiger partial charge on any atom is -0.439 e. The fourth-order valence-corrected chi connectivity index (χ4v) is 2.63. The van der Waals surface area contributed by atoms with Gasteiger partial charge in [0, 0.05) is 25.4 Å². The molecular formula is C16H18N6O3. The zero-order chi connectivity index (χ0) is 18.0. The Labute approximate surface area is 144 Å². The molecule has 0 unspecified atom stereocenters. The molecule has 0 saturated heterocycles. The second-order valence-electron chi connectivity index (χ2n) is 5.29. The molecule has 0 radical (unpaired) electrons. The Morgan fingerprint density at radius 2 is 1.96 bits per heavy atom. The first-order valence-electron chi connectivity index (χ1n) is 7.62. The highest BCUT2D eigenvalue weighted by molar-refractivity contribution is 6.14. The maximum absolute atomic E-state index is 11.4. The van der Waals surface area contributed by atoms with Crippen molar-refractivity contribution in [2.75, 3.05) is 26.5 Å². The van der Waals surface area contributed by atoms with Crippen molar-refractivity contribution in [3.05, 3.63) is 57.9 Å². The summed E-state index contributed by atoms with van der Waals surface area (Å²) in [7, 11) is 5.02. The quantitative estimate of drug-likeness (QED) is 0.426. The Hall–Kier alpha value is -3.04. The van der Waals surface area contributed by atoms with E-state index in [9.17, 15) is 10.1 Å². The van der Waals surface area contributed by atoms with Crippen LogP contribution in [0.1, 0.15) is 11.3 Å². The first kappa shape index (κ1) is 16.8. The molecule has 0 amide bonds. The van der Waals surface area contributed by atoms with Crippen LogP contribution >= 0.6 is 0 Å². The van der Waals surface area contributed by atoms with Crippen molar-refractivity contribution in [1.29, 1.82) is 0 Å². The highest BCUT2D eigenvalue weighted by Gasteiger charge is 2.37. The Kier molecular flexibility index (Phi) is 4.34. The van der Waals surface area contributed by atoms with E-state index in [-0.39, 0.29) is 5.69 Å². The number of rotatable bonds is 5. The van der Waals surface area contributed by atoms with Crippen LogP contribution in [0.4, 0.5) is 11.4 Å². The molecule has 2 aromatic rings. The monoisotopic (exact) mass is 342 g/mol. The lowest BCUT2D eigenvalue weighted by molar-refractivity contribution is -0.384. The zero-order valence-corrected chi connectivity index (χ0v) is 14.0. The van der Waals surface area contributed by atoms with Crippen LogP contribution in [-0.2, 0) is 0 Å². The molecule has 0 aliphatic carbocycles. The lowest BCUT2D eigenvalue weighted by Gasteiger charge is -2.34. The van der Waals surface area contributed by atoms with E-state index in [1.165, 1.54) is 6.07 Å². The average molecular weight is 342 g/mol. The summed E-state index contributed by atoms with van der Waals surface area (Å²) >= 11 is 0. The Morgan fingerprint density at radius 1 is 1.20 bits per heavy atom. The van der Waals surface area contributed by atoms with Crippen molar-refractivity contribution in [1.82, 2.24) is 15.6 Å². The van der Waals surface area contributed by atoms with Crippen LogP contribution in [0.25, 0.3) is 0 Å². The van der Waals surface area contributed by atoms with E-state index >= 15 is 0 Å². The van der Waals surface area contributed by atoms with Gasteiger partial charge in [-0.15, -0.1) is 0 Å². The van der Waals surface area contributed by atoms with Gasteiger partial charge in [-0.05, 0) is 26.2 Å². The number of nitrogens with one attached hydrogen (secondary N) is 3. The van der Waals surface area contributed by atoms with E-state index in [1.54, 1.807) is 45.5 Å². The molecule has 1 aromatic heterocycles. The third-order valence-electron chi connectivity index (χ3n) is 3.93. The minimum absolute atomic E-state index is 0.0603. The van der Waals surface area contributed by atoms with Crippen LogP contribution in [0, 0.1) is 10.1 Å². The van der Waals surface area contributed by atoms with Gasteiger partial charge in [0.25, 0.3) is 5.69 Å². The van der Waals surface area contributed by atoms with E-state index in [1.807, 2.05) is 6.07 Å². The predicted molar refractivity (Wildman–Crippen MR) is 94.0 cm³/mol. The van der Waals surface area contributed by atoms with Gasteiger partial charge in [0.2, 0.25) is 0 Å². The number of nitro groups is 1. The second kappa shape index (κ2) is 6.46. The SMILES string of the molecule is CNc1cc2c(cc1[N+](=O)[O-])C(c1ccccn1)=NC(NC)(NC)O2. The van der Waals surface area contributed by atoms with Gasteiger partial charge in [-0.3, -0.25) is 15.1 Å². The molecule has 0 spiro atoms. The summed E-state index contributed by atoms with van der Waals surface area (Å²) < 4.78 is 5.95. The van der Waals surface area contributed by atoms with Crippen molar-refractivity contribution in [3.8, 4) is 5.75 Å². The molecule has 2 heterocycles. The third kappa shape index (κ3) is 2.90. The number of fused-ring (bicyclic) bond motifs is 1. The lowest BCUT2D eigenvalue weighted by Crippen LogP contribution is -2.59. The number of hydrogen-bond donors (Lipinski definition) is 3. The number of anilines is 1. The van der Waals surface area contributed by atoms with Gasteiger partial charge in [0.05, 0.1) is 16.2 Å². The average Bonchev–Trinajstić information content (AvgIpc) is 2.66. The van der Waals surface area contributed by atoms with Gasteiger partial charge in [-0.2, -0.15) is 0 Å². The van der Waals surface area contributed by atoms with Gasteiger partial charge >= 0.3 is 5.97 Å².